The zero-order chi connectivity index (χ0) is 14.0. The molecule has 1 aliphatic heterocycles. The van der Waals surface area contributed by atoms with E-state index in [-0.39, 0.29) is 5.41 Å². The lowest BCUT2D eigenvalue weighted by Crippen LogP contribution is -2.26. The first-order valence-corrected chi connectivity index (χ1v) is 6.47. The lowest BCUT2D eigenvalue weighted by molar-refractivity contribution is -0.401. The van der Waals surface area contributed by atoms with Crippen LogP contribution in [0.3, 0.4) is 0 Å². The van der Waals surface area contributed by atoms with E-state index < -0.39 is 0 Å². The monoisotopic (exact) mass is 251 g/mol. The van der Waals surface area contributed by atoms with Gasteiger partial charge in [0.05, 0.1) is 11.5 Å². The summed E-state index contributed by atoms with van der Waals surface area (Å²) in [6, 6.07) is 10.6. The fourth-order valence-electron chi connectivity index (χ4n) is 2.67. The predicted molar refractivity (Wildman–Crippen MR) is 78.8 cm³/mol. The van der Waals surface area contributed by atoms with Gasteiger partial charge in [0, 0.05) is 23.3 Å². The second-order valence-electron chi connectivity index (χ2n) is 5.28. The van der Waals surface area contributed by atoms with Gasteiger partial charge in [-0.3, -0.25) is 0 Å². The number of rotatable bonds is 2. The largest absolute Gasteiger partial charge is 0.209 e. The highest BCUT2D eigenvalue weighted by molar-refractivity contribution is 6.03. The van der Waals surface area contributed by atoms with Crippen LogP contribution in [-0.2, 0) is 5.41 Å². The summed E-state index contributed by atoms with van der Waals surface area (Å²) in [5.41, 5.74) is 4.44. The van der Waals surface area contributed by atoms with E-state index in [1.54, 1.807) is 0 Å². The minimum absolute atomic E-state index is 0.0316. The average molecular weight is 251 g/mol. The standard InChI is InChI=1S/C17H19N2/c1-5-13(12-18)10-11-16-17(2,3)14-8-6-7-9-15(14)19(16)4/h5-11H,1-4H3/q+1/b11-10+,13-5+. The summed E-state index contributed by atoms with van der Waals surface area (Å²) in [6.45, 7) is 6.32. The van der Waals surface area contributed by atoms with Crippen LogP contribution in [0.1, 0.15) is 26.3 Å². The number of para-hydroxylation sites is 1. The maximum Gasteiger partial charge on any atom is 0.209 e. The van der Waals surface area contributed by atoms with Gasteiger partial charge in [-0.2, -0.15) is 9.84 Å². The molecule has 1 heterocycles. The molecule has 0 aliphatic carbocycles. The molecule has 1 aromatic carbocycles. The van der Waals surface area contributed by atoms with Crippen LogP contribution in [0.25, 0.3) is 0 Å². The first-order chi connectivity index (χ1) is 9.02. The van der Waals surface area contributed by atoms with Crippen molar-refractivity contribution in [3.63, 3.8) is 0 Å². The highest BCUT2D eigenvalue weighted by atomic mass is 15.0. The van der Waals surface area contributed by atoms with Crippen molar-refractivity contribution in [3.05, 3.63) is 53.6 Å². The predicted octanol–water partition coefficient (Wildman–Crippen LogP) is 3.72. The van der Waals surface area contributed by atoms with E-state index in [0.29, 0.717) is 5.57 Å². The van der Waals surface area contributed by atoms with Gasteiger partial charge in [0.1, 0.15) is 7.05 Å². The van der Waals surface area contributed by atoms with Gasteiger partial charge in [-0.25, -0.2) is 0 Å². The first kappa shape index (κ1) is 13.3. The highest BCUT2D eigenvalue weighted by Crippen LogP contribution is 2.38. The minimum atomic E-state index is -0.0316. The molecule has 0 atom stereocenters. The summed E-state index contributed by atoms with van der Waals surface area (Å²) in [6.07, 6.45) is 5.77. The second kappa shape index (κ2) is 4.85. The quantitative estimate of drug-likeness (QED) is 0.447. The topological polar surface area (TPSA) is 26.8 Å². The average Bonchev–Trinajstić information content (AvgIpc) is 2.61. The Bertz CT molecular complexity index is 637. The van der Waals surface area contributed by atoms with Crippen LogP contribution in [0, 0.1) is 11.3 Å². The van der Waals surface area contributed by atoms with Crippen LogP contribution in [0.4, 0.5) is 5.69 Å². The van der Waals surface area contributed by atoms with E-state index in [4.69, 9.17) is 5.26 Å². The van der Waals surface area contributed by atoms with Crippen molar-refractivity contribution < 1.29 is 4.58 Å². The van der Waals surface area contributed by atoms with E-state index in [9.17, 15) is 0 Å². The fraction of sp³-hybridized carbons (Fsp3) is 0.294. The van der Waals surface area contributed by atoms with Gasteiger partial charge in [0.2, 0.25) is 5.69 Å². The van der Waals surface area contributed by atoms with Crippen LogP contribution in [0.2, 0.25) is 0 Å². The van der Waals surface area contributed by atoms with Gasteiger partial charge < -0.3 is 0 Å². The Hall–Kier alpha value is -2.14. The fourth-order valence-corrected chi connectivity index (χ4v) is 2.67. The molecule has 0 fully saturated rings. The Labute approximate surface area is 115 Å². The number of hydrogen-bond acceptors (Lipinski definition) is 1. The van der Waals surface area contributed by atoms with Gasteiger partial charge in [-0.1, -0.05) is 24.3 Å². The van der Waals surface area contributed by atoms with Gasteiger partial charge in [-0.05, 0) is 26.8 Å². The summed E-state index contributed by atoms with van der Waals surface area (Å²) in [4.78, 5) is 0. The van der Waals surface area contributed by atoms with Crippen molar-refractivity contribution in [3.8, 4) is 6.07 Å². The summed E-state index contributed by atoms with van der Waals surface area (Å²) in [5.74, 6) is 0. The molecule has 96 valence electrons. The zero-order valence-corrected chi connectivity index (χ0v) is 11.9. The van der Waals surface area contributed by atoms with Gasteiger partial charge in [0.15, 0.2) is 5.71 Å². The first-order valence-electron chi connectivity index (χ1n) is 6.47. The molecule has 2 heteroatoms. The van der Waals surface area contributed by atoms with E-state index in [0.717, 1.165) is 0 Å². The van der Waals surface area contributed by atoms with E-state index >= 15 is 0 Å². The third-order valence-electron chi connectivity index (χ3n) is 3.80. The number of hydrogen-bond donors (Lipinski definition) is 0. The molecule has 2 nitrogen and oxygen atoms in total. The number of benzene rings is 1. The molecular formula is C17H19N2+. The minimum Gasteiger partial charge on any atom is -0.198 e. The van der Waals surface area contributed by atoms with Crippen LogP contribution in [-0.4, -0.2) is 17.3 Å². The summed E-state index contributed by atoms with van der Waals surface area (Å²) in [5, 5.41) is 8.98. The summed E-state index contributed by atoms with van der Waals surface area (Å²) >= 11 is 0. The van der Waals surface area contributed by atoms with Gasteiger partial charge >= 0.3 is 0 Å². The number of nitrogens with zero attached hydrogens (tertiary/aromatic N) is 2. The Morgan fingerprint density at radius 2 is 2.00 bits per heavy atom. The van der Waals surface area contributed by atoms with Crippen molar-refractivity contribution in [2.45, 2.75) is 26.2 Å². The Morgan fingerprint density at radius 1 is 1.32 bits per heavy atom. The maximum atomic E-state index is 8.98. The molecule has 0 amide bonds. The van der Waals surface area contributed by atoms with Crippen molar-refractivity contribution in [1.82, 2.24) is 0 Å². The molecule has 0 aromatic heterocycles. The summed E-state index contributed by atoms with van der Waals surface area (Å²) in [7, 11) is 2.08. The molecule has 19 heavy (non-hydrogen) atoms. The van der Waals surface area contributed by atoms with E-state index in [1.807, 2.05) is 19.1 Å². The molecule has 2 rings (SSSR count). The van der Waals surface area contributed by atoms with Crippen LogP contribution >= 0.6 is 0 Å². The lowest BCUT2D eigenvalue weighted by atomic mass is 9.81. The van der Waals surface area contributed by atoms with E-state index in [1.165, 1.54) is 17.0 Å². The SMILES string of the molecule is C/C=C(C#N)\C=C\C1=[N+](C)c2ccccc2C1(C)C. The number of allylic oxidation sites excluding steroid dienone is 4. The molecule has 1 aromatic rings. The molecule has 0 unspecified atom stereocenters. The molecule has 0 bridgehead atoms. The Balaban J connectivity index is 2.49. The maximum absolute atomic E-state index is 8.98. The lowest BCUT2D eigenvalue weighted by Gasteiger charge is -2.15. The van der Waals surface area contributed by atoms with Crippen LogP contribution in [0.5, 0.6) is 0 Å². The zero-order valence-electron chi connectivity index (χ0n) is 11.9. The number of fused-ring (bicyclic) bond motifs is 1. The van der Waals surface area contributed by atoms with Crippen molar-refractivity contribution in [2.75, 3.05) is 7.05 Å². The molecule has 0 saturated carbocycles. The van der Waals surface area contributed by atoms with Crippen molar-refractivity contribution >= 4 is 11.4 Å². The van der Waals surface area contributed by atoms with Crippen molar-refractivity contribution in [2.24, 2.45) is 0 Å². The van der Waals surface area contributed by atoms with Crippen molar-refractivity contribution in [1.29, 1.82) is 5.26 Å². The highest BCUT2D eigenvalue weighted by Gasteiger charge is 2.42. The van der Waals surface area contributed by atoms with E-state index in [2.05, 4.69) is 61.9 Å². The molecule has 0 spiro atoms. The molecule has 0 radical (unpaired) electrons. The molecule has 0 N–H and O–H groups in total. The molecule has 0 saturated heterocycles. The third kappa shape index (κ3) is 2.13. The van der Waals surface area contributed by atoms with Crippen LogP contribution < -0.4 is 0 Å². The Kier molecular flexibility index (Phi) is 3.40. The van der Waals surface area contributed by atoms with Crippen LogP contribution in [0.15, 0.2) is 48.1 Å². The number of nitriles is 1. The third-order valence-corrected chi connectivity index (χ3v) is 3.80. The normalized spacial score (nSPS) is 17.7. The smallest absolute Gasteiger partial charge is 0.198 e. The van der Waals surface area contributed by atoms with Gasteiger partial charge in [0.25, 0.3) is 0 Å². The van der Waals surface area contributed by atoms with Gasteiger partial charge in [-0.15, -0.1) is 0 Å². The Morgan fingerprint density at radius 3 is 2.58 bits per heavy atom. The molecular weight excluding hydrogens is 232 g/mol. The summed E-state index contributed by atoms with van der Waals surface area (Å²) < 4.78 is 2.20. The second-order valence-corrected chi connectivity index (χ2v) is 5.28. The molecule has 1 aliphatic rings.